The van der Waals surface area contributed by atoms with Crippen molar-refractivity contribution in [3.8, 4) is 0 Å². The third kappa shape index (κ3) is 3.28. The summed E-state index contributed by atoms with van der Waals surface area (Å²) in [6.45, 7) is 3.51. The monoisotopic (exact) mass is 303 g/mol. The Hall–Kier alpha value is -1.62. The molecule has 0 aliphatic heterocycles. The molecule has 2 aromatic rings. The number of alkyl halides is 3. The van der Waals surface area contributed by atoms with Gasteiger partial charge in [-0.3, -0.25) is 0 Å². The van der Waals surface area contributed by atoms with E-state index < -0.39 is 11.7 Å². The van der Waals surface area contributed by atoms with E-state index in [1.807, 2.05) is 0 Å². The molecular formula is C14H13ClF3NO. The lowest BCUT2D eigenvalue weighted by Crippen LogP contribution is -2.13. The van der Waals surface area contributed by atoms with Gasteiger partial charge in [0.25, 0.3) is 0 Å². The maximum Gasteiger partial charge on any atom is 0.418 e. The summed E-state index contributed by atoms with van der Waals surface area (Å²) in [6, 6.07) is 6.75. The van der Waals surface area contributed by atoms with Gasteiger partial charge in [-0.25, -0.2) is 0 Å². The lowest BCUT2D eigenvalue weighted by atomic mass is 10.1. The number of aryl methyl sites for hydroxylation is 1. The van der Waals surface area contributed by atoms with Gasteiger partial charge in [-0.15, -0.1) is 0 Å². The normalized spacial score (nSPS) is 13.3. The Morgan fingerprint density at radius 2 is 1.90 bits per heavy atom. The van der Waals surface area contributed by atoms with Gasteiger partial charge >= 0.3 is 6.18 Å². The van der Waals surface area contributed by atoms with Crippen LogP contribution in [0.4, 0.5) is 18.9 Å². The van der Waals surface area contributed by atoms with Gasteiger partial charge < -0.3 is 9.73 Å². The van der Waals surface area contributed by atoms with Crippen molar-refractivity contribution in [1.29, 1.82) is 0 Å². The molecule has 0 spiro atoms. The molecule has 1 aromatic carbocycles. The van der Waals surface area contributed by atoms with Crippen molar-refractivity contribution >= 4 is 17.3 Å². The largest absolute Gasteiger partial charge is 0.464 e. The number of nitrogens with one attached hydrogen (secondary N) is 1. The first-order chi connectivity index (χ1) is 9.27. The highest BCUT2D eigenvalue weighted by Gasteiger charge is 2.34. The molecule has 0 radical (unpaired) electrons. The van der Waals surface area contributed by atoms with Crippen LogP contribution < -0.4 is 5.32 Å². The van der Waals surface area contributed by atoms with E-state index in [1.165, 1.54) is 12.1 Å². The fraction of sp³-hybridized carbons (Fsp3) is 0.286. The molecule has 6 heteroatoms. The van der Waals surface area contributed by atoms with Crippen molar-refractivity contribution in [1.82, 2.24) is 0 Å². The Bertz CT molecular complexity index is 607. The topological polar surface area (TPSA) is 25.2 Å². The van der Waals surface area contributed by atoms with Crippen LogP contribution in [0.1, 0.15) is 30.0 Å². The molecule has 1 N–H and O–H groups in total. The third-order valence-electron chi connectivity index (χ3n) is 2.85. The summed E-state index contributed by atoms with van der Waals surface area (Å²) in [7, 11) is 0. The fourth-order valence-corrected chi connectivity index (χ4v) is 2.04. The first-order valence-electron chi connectivity index (χ1n) is 5.97. The van der Waals surface area contributed by atoms with Crippen molar-refractivity contribution in [2.75, 3.05) is 5.32 Å². The Kier molecular flexibility index (Phi) is 3.99. The smallest absolute Gasteiger partial charge is 0.418 e. The van der Waals surface area contributed by atoms with Gasteiger partial charge in [-0.1, -0.05) is 11.6 Å². The van der Waals surface area contributed by atoms with Crippen LogP contribution in [0.15, 0.2) is 34.7 Å². The van der Waals surface area contributed by atoms with E-state index in [4.69, 9.17) is 16.0 Å². The Balaban J connectivity index is 2.29. The number of benzene rings is 1. The molecule has 20 heavy (non-hydrogen) atoms. The predicted molar refractivity (Wildman–Crippen MR) is 71.9 cm³/mol. The van der Waals surface area contributed by atoms with Gasteiger partial charge in [0.1, 0.15) is 11.5 Å². The molecule has 1 atom stereocenters. The van der Waals surface area contributed by atoms with Crippen LogP contribution >= 0.6 is 11.6 Å². The van der Waals surface area contributed by atoms with E-state index in [0.29, 0.717) is 11.5 Å². The molecule has 0 bridgehead atoms. The molecule has 1 aromatic heterocycles. The standard InChI is InChI=1S/C14H13ClF3NO/c1-8-3-6-13(20-8)9(2)19-12-5-4-10(15)7-11(12)14(16,17)18/h3-7,9,19H,1-2H3. The number of halogens is 4. The second kappa shape index (κ2) is 5.40. The van der Waals surface area contributed by atoms with Crippen molar-refractivity contribution in [2.24, 2.45) is 0 Å². The summed E-state index contributed by atoms with van der Waals surface area (Å²) in [5.41, 5.74) is -0.816. The zero-order chi connectivity index (χ0) is 14.9. The lowest BCUT2D eigenvalue weighted by molar-refractivity contribution is -0.137. The Morgan fingerprint density at radius 1 is 1.20 bits per heavy atom. The highest BCUT2D eigenvalue weighted by atomic mass is 35.5. The molecule has 0 aliphatic carbocycles. The first kappa shape index (κ1) is 14.8. The molecule has 1 heterocycles. The highest BCUT2D eigenvalue weighted by molar-refractivity contribution is 6.30. The van der Waals surface area contributed by atoms with E-state index in [-0.39, 0.29) is 16.8 Å². The van der Waals surface area contributed by atoms with Crippen LogP contribution in [-0.2, 0) is 6.18 Å². The van der Waals surface area contributed by atoms with Gasteiger partial charge in [-0.05, 0) is 44.2 Å². The number of hydrogen-bond acceptors (Lipinski definition) is 2. The summed E-state index contributed by atoms with van der Waals surface area (Å²) >= 11 is 5.63. The maximum atomic E-state index is 13.0. The quantitative estimate of drug-likeness (QED) is 0.817. The van der Waals surface area contributed by atoms with Crippen LogP contribution in [0.2, 0.25) is 5.02 Å². The number of furan rings is 1. The van der Waals surface area contributed by atoms with Crippen LogP contribution in [0.3, 0.4) is 0 Å². The van der Waals surface area contributed by atoms with Gasteiger partial charge in [-0.2, -0.15) is 13.2 Å². The molecule has 0 aliphatic rings. The van der Waals surface area contributed by atoms with Gasteiger partial charge in [0.05, 0.1) is 11.6 Å². The Morgan fingerprint density at radius 3 is 2.45 bits per heavy atom. The molecule has 0 saturated carbocycles. The fourth-order valence-electron chi connectivity index (χ4n) is 1.87. The average molecular weight is 304 g/mol. The predicted octanol–water partition coefficient (Wildman–Crippen LogP) is 5.43. The molecule has 0 fully saturated rings. The second-order valence-electron chi connectivity index (χ2n) is 4.50. The SMILES string of the molecule is Cc1ccc(C(C)Nc2ccc(Cl)cc2C(F)(F)F)o1. The highest BCUT2D eigenvalue weighted by Crippen LogP contribution is 2.37. The maximum absolute atomic E-state index is 13.0. The van der Waals surface area contributed by atoms with E-state index in [9.17, 15) is 13.2 Å². The summed E-state index contributed by atoms with van der Waals surface area (Å²) in [6.07, 6.45) is -4.47. The molecule has 108 valence electrons. The minimum Gasteiger partial charge on any atom is -0.464 e. The van der Waals surface area contributed by atoms with E-state index >= 15 is 0 Å². The summed E-state index contributed by atoms with van der Waals surface area (Å²) in [5, 5.41) is 2.85. The molecule has 0 saturated heterocycles. The van der Waals surface area contributed by atoms with Crippen molar-refractivity contribution < 1.29 is 17.6 Å². The number of rotatable bonds is 3. The molecule has 2 rings (SSSR count). The average Bonchev–Trinajstić information content (AvgIpc) is 2.77. The molecular weight excluding hydrogens is 291 g/mol. The van der Waals surface area contributed by atoms with Crippen molar-refractivity contribution in [3.63, 3.8) is 0 Å². The van der Waals surface area contributed by atoms with Crippen molar-refractivity contribution in [3.05, 3.63) is 52.4 Å². The van der Waals surface area contributed by atoms with E-state index in [0.717, 1.165) is 6.07 Å². The zero-order valence-electron chi connectivity index (χ0n) is 10.9. The summed E-state index contributed by atoms with van der Waals surface area (Å²) in [4.78, 5) is 0. The van der Waals surface area contributed by atoms with Crippen LogP contribution in [0, 0.1) is 6.92 Å². The molecule has 0 amide bonds. The van der Waals surface area contributed by atoms with Gasteiger partial charge in [0.2, 0.25) is 0 Å². The Labute approximate surface area is 119 Å². The zero-order valence-corrected chi connectivity index (χ0v) is 11.6. The third-order valence-corrected chi connectivity index (χ3v) is 3.08. The first-order valence-corrected chi connectivity index (χ1v) is 6.35. The number of anilines is 1. The second-order valence-corrected chi connectivity index (χ2v) is 4.94. The lowest BCUT2D eigenvalue weighted by Gasteiger charge is -2.18. The summed E-state index contributed by atoms with van der Waals surface area (Å²) < 4.78 is 44.3. The van der Waals surface area contributed by atoms with Gasteiger partial charge in [0, 0.05) is 10.7 Å². The molecule has 2 nitrogen and oxygen atoms in total. The summed E-state index contributed by atoms with van der Waals surface area (Å²) in [5.74, 6) is 1.28. The molecule has 1 unspecified atom stereocenters. The van der Waals surface area contributed by atoms with Crippen LogP contribution in [0.5, 0.6) is 0 Å². The van der Waals surface area contributed by atoms with Crippen LogP contribution in [-0.4, -0.2) is 0 Å². The van der Waals surface area contributed by atoms with E-state index in [2.05, 4.69) is 5.32 Å². The minimum atomic E-state index is -4.47. The van der Waals surface area contributed by atoms with Gasteiger partial charge in [0.15, 0.2) is 0 Å². The minimum absolute atomic E-state index is 0.0246. The van der Waals surface area contributed by atoms with Crippen molar-refractivity contribution in [2.45, 2.75) is 26.1 Å². The van der Waals surface area contributed by atoms with E-state index in [1.54, 1.807) is 26.0 Å². The van der Waals surface area contributed by atoms with Crippen LogP contribution in [0.25, 0.3) is 0 Å². The number of hydrogen-bond donors (Lipinski definition) is 1.